The maximum absolute atomic E-state index is 12.5. The molecule has 0 atom stereocenters. The van der Waals surface area contributed by atoms with Crippen LogP contribution in [-0.2, 0) is 17.0 Å². The SMILES string of the molecule is O=C(Nc1ccccc1)c1ccc(CSc2nnc(N3CCOCC3)n2Cc2ccccc2)cc1. The number of morpholine rings is 1. The van der Waals surface area contributed by atoms with Crippen molar-refractivity contribution in [3.63, 3.8) is 0 Å². The van der Waals surface area contributed by atoms with Crippen LogP contribution in [0.15, 0.2) is 90.1 Å². The molecule has 4 aromatic rings. The van der Waals surface area contributed by atoms with Gasteiger partial charge >= 0.3 is 0 Å². The third-order valence-electron chi connectivity index (χ3n) is 5.79. The van der Waals surface area contributed by atoms with E-state index < -0.39 is 0 Å². The summed E-state index contributed by atoms with van der Waals surface area (Å²) >= 11 is 1.65. The Bertz CT molecular complexity index is 1240. The molecular weight excluding hydrogens is 458 g/mol. The number of anilines is 2. The third-order valence-corrected chi connectivity index (χ3v) is 6.83. The number of thioether (sulfide) groups is 1. The average molecular weight is 486 g/mol. The van der Waals surface area contributed by atoms with Gasteiger partial charge in [0, 0.05) is 30.1 Å². The minimum Gasteiger partial charge on any atom is -0.378 e. The summed E-state index contributed by atoms with van der Waals surface area (Å²) in [5, 5.41) is 12.9. The first kappa shape index (κ1) is 23.1. The van der Waals surface area contributed by atoms with Gasteiger partial charge in [-0.15, -0.1) is 10.2 Å². The molecule has 1 aliphatic rings. The van der Waals surface area contributed by atoms with Crippen molar-refractivity contribution in [2.45, 2.75) is 17.5 Å². The number of benzene rings is 3. The molecule has 0 radical (unpaired) electrons. The van der Waals surface area contributed by atoms with Crippen LogP contribution in [0.2, 0.25) is 0 Å². The van der Waals surface area contributed by atoms with E-state index in [1.807, 2.05) is 60.7 Å². The van der Waals surface area contributed by atoms with Gasteiger partial charge in [-0.1, -0.05) is 72.4 Å². The van der Waals surface area contributed by atoms with Crippen molar-refractivity contribution in [1.29, 1.82) is 0 Å². The molecule has 35 heavy (non-hydrogen) atoms. The van der Waals surface area contributed by atoms with Gasteiger partial charge in [-0.05, 0) is 35.4 Å². The van der Waals surface area contributed by atoms with Gasteiger partial charge in [0.25, 0.3) is 5.91 Å². The first-order valence-corrected chi connectivity index (χ1v) is 12.6. The number of nitrogens with zero attached hydrogens (tertiary/aromatic N) is 4. The molecule has 1 amide bonds. The zero-order valence-corrected chi connectivity index (χ0v) is 20.2. The first-order valence-electron chi connectivity index (χ1n) is 11.6. The Labute approximate surface area is 209 Å². The van der Waals surface area contributed by atoms with Crippen LogP contribution >= 0.6 is 11.8 Å². The van der Waals surface area contributed by atoms with E-state index >= 15 is 0 Å². The summed E-state index contributed by atoms with van der Waals surface area (Å²) in [5.41, 5.74) is 3.74. The second kappa shape index (κ2) is 11.2. The maximum atomic E-state index is 12.5. The molecule has 0 unspecified atom stereocenters. The Hall–Kier alpha value is -3.62. The molecule has 1 aromatic heterocycles. The van der Waals surface area contributed by atoms with Crippen LogP contribution < -0.4 is 10.2 Å². The number of nitrogens with one attached hydrogen (secondary N) is 1. The summed E-state index contributed by atoms with van der Waals surface area (Å²) in [6.07, 6.45) is 0. The number of hydrogen-bond acceptors (Lipinski definition) is 6. The van der Waals surface area contributed by atoms with E-state index in [0.717, 1.165) is 41.2 Å². The van der Waals surface area contributed by atoms with Crippen molar-refractivity contribution in [1.82, 2.24) is 14.8 Å². The summed E-state index contributed by atoms with van der Waals surface area (Å²) in [6, 6.07) is 27.6. The van der Waals surface area contributed by atoms with Crippen molar-refractivity contribution in [2.75, 3.05) is 36.5 Å². The topological polar surface area (TPSA) is 72.3 Å². The van der Waals surface area contributed by atoms with E-state index in [9.17, 15) is 4.79 Å². The number of carbonyl (C=O) groups excluding carboxylic acids is 1. The Kier molecular flexibility index (Phi) is 7.41. The Morgan fingerprint density at radius 3 is 2.26 bits per heavy atom. The van der Waals surface area contributed by atoms with Gasteiger partial charge in [-0.25, -0.2) is 0 Å². The van der Waals surface area contributed by atoms with Crippen LogP contribution in [0, 0.1) is 0 Å². The lowest BCUT2D eigenvalue weighted by Gasteiger charge is -2.28. The van der Waals surface area contributed by atoms with Crippen LogP contribution in [0.25, 0.3) is 0 Å². The fraction of sp³-hybridized carbons (Fsp3) is 0.222. The van der Waals surface area contributed by atoms with Crippen LogP contribution in [0.5, 0.6) is 0 Å². The van der Waals surface area contributed by atoms with Gasteiger partial charge in [-0.2, -0.15) is 0 Å². The summed E-state index contributed by atoms with van der Waals surface area (Å²) in [6.45, 7) is 3.73. The second-order valence-corrected chi connectivity index (χ2v) is 9.20. The number of rotatable bonds is 8. The van der Waals surface area contributed by atoms with E-state index in [0.29, 0.717) is 25.3 Å². The molecule has 1 saturated heterocycles. The molecule has 8 heteroatoms. The number of amides is 1. The van der Waals surface area contributed by atoms with Crippen molar-refractivity contribution < 1.29 is 9.53 Å². The number of hydrogen-bond donors (Lipinski definition) is 1. The highest BCUT2D eigenvalue weighted by atomic mass is 32.2. The summed E-state index contributed by atoms with van der Waals surface area (Å²) in [4.78, 5) is 14.8. The molecular formula is C27H27N5O2S. The molecule has 0 saturated carbocycles. The fourth-order valence-corrected chi connectivity index (χ4v) is 4.80. The molecule has 3 aromatic carbocycles. The minimum atomic E-state index is -0.117. The van der Waals surface area contributed by atoms with E-state index in [1.54, 1.807) is 11.8 Å². The number of ether oxygens (including phenoxy) is 1. The quantitative estimate of drug-likeness (QED) is 0.365. The van der Waals surface area contributed by atoms with Crippen molar-refractivity contribution in [3.05, 3.63) is 102 Å². The molecule has 0 bridgehead atoms. The van der Waals surface area contributed by atoms with Crippen LogP contribution in [0.1, 0.15) is 21.5 Å². The summed E-state index contributed by atoms with van der Waals surface area (Å²) in [5.74, 6) is 1.50. The summed E-state index contributed by atoms with van der Waals surface area (Å²) in [7, 11) is 0. The van der Waals surface area contributed by atoms with E-state index in [2.05, 4.69) is 49.2 Å². The van der Waals surface area contributed by atoms with Gasteiger partial charge < -0.3 is 15.0 Å². The first-order chi connectivity index (χ1) is 17.3. The lowest BCUT2D eigenvalue weighted by molar-refractivity contribution is 0.102. The van der Waals surface area contributed by atoms with Crippen LogP contribution in [0.4, 0.5) is 11.6 Å². The van der Waals surface area contributed by atoms with Crippen LogP contribution in [0.3, 0.4) is 0 Å². The molecule has 1 fully saturated rings. The van der Waals surface area contributed by atoms with Crippen molar-refractivity contribution in [2.24, 2.45) is 0 Å². The molecule has 1 aliphatic heterocycles. The summed E-state index contributed by atoms with van der Waals surface area (Å²) < 4.78 is 7.71. The minimum absolute atomic E-state index is 0.117. The number of aromatic nitrogens is 3. The average Bonchev–Trinajstić information content (AvgIpc) is 3.31. The number of para-hydroxylation sites is 1. The number of carbonyl (C=O) groups is 1. The van der Waals surface area contributed by atoms with Gasteiger partial charge in [0.05, 0.1) is 19.8 Å². The molecule has 0 spiro atoms. The lowest BCUT2D eigenvalue weighted by atomic mass is 10.1. The zero-order valence-electron chi connectivity index (χ0n) is 19.3. The van der Waals surface area contributed by atoms with Crippen LogP contribution in [-0.4, -0.2) is 47.0 Å². The van der Waals surface area contributed by atoms with E-state index in [4.69, 9.17) is 4.74 Å². The Morgan fingerprint density at radius 2 is 1.54 bits per heavy atom. The second-order valence-electron chi connectivity index (χ2n) is 8.26. The smallest absolute Gasteiger partial charge is 0.255 e. The molecule has 7 nitrogen and oxygen atoms in total. The molecule has 0 aliphatic carbocycles. The Morgan fingerprint density at radius 1 is 0.857 bits per heavy atom. The Balaban J connectivity index is 1.28. The molecule has 2 heterocycles. The lowest BCUT2D eigenvalue weighted by Crippen LogP contribution is -2.38. The van der Waals surface area contributed by atoms with E-state index in [-0.39, 0.29) is 5.91 Å². The normalized spacial score (nSPS) is 13.5. The molecule has 5 rings (SSSR count). The van der Waals surface area contributed by atoms with Gasteiger partial charge in [-0.3, -0.25) is 9.36 Å². The highest BCUT2D eigenvalue weighted by molar-refractivity contribution is 7.98. The van der Waals surface area contributed by atoms with Crippen molar-refractivity contribution >= 4 is 29.3 Å². The third kappa shape index (κ3) is 5.90. The van der Waals surface area contributed by atoms with Crippen molar-refractivity contribution in [3.8, 4) is 0 Å². The highest BCUT2D eigenvalue weighted by Gasteiger charge is 2.21. The molecule has 178 valence electrons. The standard InChI is InChI=1S/C27H27N5O2S/c33-25(28-24-9-5-2-6-10-24)23-13-11-22(12-14-23)20-35-27-30-29-26(31-15-17-34-18-16-31)32(27)19-21-7-3-1-4-8-21/h1-14H,15-20H2,(H,28,33). The van der Waals surface area contributed by atoms with Gasteiger partial charge in [0.2, 0.25) is 5.95 Å². The maximum Gasteiger partial charge on any atom is 0.255 e. The van der Waals surface area contributed by atoms with Gasteiger partial charge in [0.1, 0.15) is 0 Å². The predicted molar refractivity (Wildman–Crippen MR) is 139 cm³/mol. The zero-order chi connectivity index (χ0) is 23.9. The van der Waals surface area contributed by atoms with Gasteiger partial charge in [0.15, 0.2) is 5.16 Å². The highest BCUT2D eigenvalue weighted by Crippen LogP contribution is 2.27. The van der Waals surface area contributed by atoms with E-state index in [1.165, 1.54) is 5.56 Å². The monoisotopic (exact) mass is 485 g/mol. The largest absolute Gasteiger partial charge is 0.378 e. The predicted octanol–water partition coefficient (Wildman–Crippen LogP) is 4.71. The fourth-order valence-electron chi connectivity index (χ4n) is 3.91. The molecule has 1 N–H and O–H groups in total.